The number of benzene rings is 2. The lowest BCUT2D eigenvalue weighted by Crippen LogP contribution is -2.17. The highest BCUT2D eigenvalue weighted by molar-refractivity contribution is 6.07. The first-order valence-electron chi connectivity index (χ1n) is 9.88. The van der Waals surface area contributed by atoms with Crippen LogP contribution in [0.25, 0.3) is 0 Å². The van der Waals surface area contributed by atoms with E-state index in [4.69, 9.17) is 14.2 Å². The first-order valence-corrected chi connectivity index (χ1v) is 9.88. The lowest BCUT2D eigenvalue weighted by atomic mass is 10.1. The van der Waals surface area contributed by atoms with E-state index in [1.54, 1.807) is 30.3 Å². The van der Waals surface area contributed by atoms with E-state index in [0.29, 0.717) is 23.3 Å². The number of amides is 2. The molecule has 2 N–H and O–H groups in total. The van der Waals surface area contributed by atoms with Crippen molar-refractivity contribution in [3.8, 4) is 11.5 Å². The van der Waals surface area contributed by atoms with E-state index in [2.05, 4.69) is 23.8 Å². The normalized spacial score (nSPS) is 10.1. The molecule has 2 aromatic rings. The van der Waals surface area contributed by atoms with E-state index >= 15 is 0 Å². The fraction of sp³-hybridized carbons (Fsp3) is 0.208. The molecule has 0 aliphatic heterocycles. The standard InChI is InChI=1S/C24H26N2O6/c1-5-13-30-21-19(11-12-20(25-15-27)22(21)32-16(3)4)23(28)26-18-9-7-17(8-10-18)24(29)31-14-6-2/h5-12,15-16H,1-2,13-14H2,3-4H3,(H,25,27)(H,26,28). The molecule has 0 unspecified atom stereocenters. The number of carbonyl (C=O) groups excluding carboxylic acids is 3. The molecule has 0 aromatic heterocycles. The van der Waals surface area contributed by atoms with Crippen LogP contribution in [-0.4, -0.2) is 37.6 Å². The predicted octanol–water partition coefficient (Wildman–Crippen LogP) is 4.20. The van der Waals surface area contributed by atoms with Crippen molar-refractivity contribution in [1.29, 1.82) is 0 Å². The van der Waals surface area contributed by atoms with E-state index in [1.807, 2.05) is 13.8 Å². The minimum Gasteiger partial charge on any atom is -0.485 e. The van der Waals surface area contributed by atoms with Gasteiger partial charge in [0.1, 0.15) is 13.2 Å². The number of esters is 1. The Hall–Kier alpha value is -4.07. The van der Waals surface area contributed by atoms with Gasteiger partial charge in [-0.3, -0.25) is 9.59 Å². The molecule has 8 heteroatoms. The maximum Gasteiger partial charge on any atom is 0.338 e. The highest BCUT2D eigenvalue weighted by atomic mass is 16.5. The van der Waals surface area contributed by atoms with Gasteiger partial charge in [-0.2, -0.15) is 0 Å². The quantitative estimate of drug-likeness (QED) is 0.292. The Bertz CT molecular complexity index is 983. The SMILES string of the molecule is C=CCOC(=O)c1ccc(NC(=O)c2ccc(NC=O)c(OC(C)C)c2OCC=C)cc1. The van der Waals surface area contributed by atoms with Crippen molar-refractivity contribution in [2.75, 3.05) is 23.8 Å². The summed E-state index contributed by atoms with van der Waals surface area (Å²) in [6.07, 6.45) is 3.29. The molecular weight excluding hydrogens is 412 g/mol. The van der Waals surface area contributed by atoms with E-state index in [1.165, 1.54) is 18.2 Å². The molecule has 0 aliphatic carbocycles. The Morgan fingerprint density at radius 3 is 2.28 bits per heavy atom. The second-order valence-electron chi connectivity index (χ2n) is 6.77. The van der Waals surface area contributed by atoms with Crippen LogP contribution < -0.4 is 20.1 Å². The lowest BCUT2D eigenvalue weighted by Gasteiger charge is -2.20. The third kappa shape index (κ3) is 6.46. The number of rotatable bonds is 12. The van der Waals surface area contributed by atoms with Crippen molar-refractivity contribution in [2.24, 2.45) is 0 Å². The lowest BCUT2D eigenvalue weighted by molar-refractivity contribution is -0.105. The average molecular weight is 438 g/mol. The monoisotopic (exact) mass is 438 g/mol. The highest BCUT2D eigenvalue weighted by Gasteiger charge is 2.22. The number of carbonyl (C=O) groups is 3. The van der Waals surface area contributed by atoms with Crippen LogP contribution >= 0.6 is 0 Å². The summed E-state index contributed by atoms with van der Waals surface area (Å²) in [5.41, 5.74) is 1.38. The van der Waals surface area contributed by atoms with Crippen molar-refractivity contribution in [1.82, 2.24) is 0 Å². The van der Waals surface area contributed by atoms with E-state index < -0.39 is 11.9 Å². The van der Waals surface area contributed by atoms with Crippen molar-refractivity contribution >= 4 is 29.7 Å². The zero-order valence-electron chi connectivity index (χ0n) is 18.1. The van der Waals surface area contributed by atoms with Gasteiger partial charge >= 0.3 is 5.97 Å². The molecule has 0 atom stereocenters. The smallest absolute Gasteiger partial charge is 0.338 e. The second kappa shape index (κ2) is 11.9. The predicted molar refractivity (Wildman–Crippen MR) is 122 cm³/mol. The molecule has 2 rings (SSSR count). The van der Waals surface area contributed by atoms with Crippen molar-refractivity contribution < 1.29 is 28.6 Å². The molecule has 0 saturated heterocycles. The van der Waals surface area contributed by atoms with Crippen LogP contribution in [-0.2, 0) is 9.53 Å². The van der Waals surface area contributed by atoms with Crippen molar-refractivity contribution in [3.63, 3.8) is 0 Å². The number of anilines is 2. The number of ether oxygens (including phenoxy) is 3. The topological polar surface area (TPSA) is 103 Å². The van der Waals surface area contributed by atoms with Gasteiger partial charge in [-0.15, -0.1) is 0 Å². The second-order valence-corrected chi connectivity index (χ2v) is 6.77. The minimum absolute atomic E-state index is 0.112. The van der Waals surface area contributed by atoms with E-state index in [9.17, 15) is 14.4 Å². The maximum atomic E-state index is 13.0. The summed E-state index contributed by atoms with van der Waals surface area (Å²) >= 11 is 0. The van der Waals surface area contributed by atoms with E-state index in [0.717, 1.165) is 0 Å². The fourth-order valence-electron chi connectivity index (χ4n) is 2.66. The van der Waals surface area contributed by atoms with Crippen molar-refractivity contribution in [3.05, 3.63) is 72.8 Å². The van der Waals surface area contributed by atoms with Gasteiger partial charge in [0.2, 0.25) is 6.41 Å². The Labute approximate surface area is 186 Å². The van der Waals surface area contributed by atoms with Crippen LogP contribution in [0.5, 0.6) is 11.5 Å². The molecule has 0 spiro atoms. The Morgan fingerprint density at radius 1 is 1.00 bits per heavy atom. The van der Waals surface area contributed by atoms with Crippen LogP contribution in [0.3, 0.4) is 0 Å². The molecule has 0 saturated carbocycles. The van der Waals surface area contributed by atoms with Crippen LogP contribution in [0, 0.1) is 0 Å². The van der Waals surface area contributed by atoms with Gasteiger partial charge in [-0.1, -0.05) is 25.3 Å². The van der Waals surface area contributed by atoms with Crippen LogP contribution in [0.2, 0.25) is 0 Å². The molecule has 2 aromatic carbocycles. The first kappa shape index (κ1) is 24.2. The largest absolute Gasteiger partial charge is 0.485 e. The number of hydrogen-bond donors (Lipinski definition) is 2. The summed E-state index contributed by atoms with van der Waals surface area (Å²) in [5, 5.41) is 5.31. The van der Waals surface area contributed by atoms with Gasteiger partial charge in [0, 0.05) is 5.69 Å². The van der Waals surface area contributed by atoms with Gasteiger partial charge in [0.15, 0.2) is 11.5 Å². The molecule has 2 amide bonds. The average Bonchev–Trinajstić information content (AvgIpc) is 2.77. The van der Waals surface area contributed by atoms with Gasteiger partial charge < -0.3 is 24.8 Å². The molecule has 0 bridgehead atoms. The third-order valence-corrected chi connectivity index (χ3v) is 3.98. The molecule has 8 nitrogen and oxygen atoms in total. The molecular formula is C24H26N2O6. The molecule has 0 fully saturated rings. The van der Waals surface area contributed by atoms with Crippen LogP contribution in [0.4, 0.5) is 11.4 Å². The van der Waals surface area contributed by atoms with Crippen LogP contribution in [0.1, 0.15) is 34.6 Å². The van der Waals surface area contributed by atoms with Crippen LogP contribution in [0.15, 0.2) is 61.7 Å². The number of hydrogen-bond acceptors (Lipinski definition) is 6. The highest BCUT2D eigenvalue weighted by Crippen LogP contribution is 2.39. The van der Waals surface area contributed by atoms with E-state index in [-0.39, 0.29) is 36.4 Å². The molecule has 32 heavy (non-hydrogen) atoms. The summed E-state index contributed by atoms with van der Waals surface area (Å²) in [7, 11) is 0. The summed E-state index contributed by atoms with van der Waals surface area (Å²) < 4.78 is 16.5. The maximum absolute atomic E-state index is 13.0. The van der Waals surface area contributed by atoms with Gasteiger partial charge in [-0.25, -0.2) is 4.79 Å². The van der Waals surface area contributed by atoms with Crippen molar-refractivity contribution in [2.45, 2.75) is 20.0 Å². The first-order chi connectivity index (χ1) is 15.4. The summed E-state index contributed by atoms with van der Waals surface area (Å²) in [5.74, 6) is -0.538. The molecule has 0 radical (unpaired) electrons. The summed E-state index contributed by atoms with van der Waals surface area (Å²) in [4.78, 5) is 35.9. The van der Waals surface area contributed by atoms with Gasteiger partial charge in [0.25, 0.3) is 5.91 Å². The Morgan fingerprint density at radius 2 is 1.69 bits per heavy atom. The zero-order chi connectivity index (χ0) is 23.5. The van der Waals surface area contributed by atoms with Gasteiger partial charge in [-0.05, 0) is 50.2 Å². The Kier molecular flexibility index (Phi) is 9.04. The Balaban J connectivity index is 2.33. The third-order valence-electron chi connectivity index (χ3n) is 3.98. The number of nitrogens with one attached hydrogen (secondary N) is 2. The molecule has 0 aliphatic rings. The molecule has 168 valence electrons. The fourth-order valence-corrected chi connectivity index (χ4v) is 2.66. The summed E-state index contributed by atoms with van der Waals surface area (Å²) in [6.45, 7) is 11.0. The minimum atomic E-state index is -0.489. The molecule has 0 heterocycles. The zero-order valence-corrected chi connectivity index (χ0v) is 18.1. The summed E-state index contributed by atoms with van der Waals surface area (Å²) in [6, 6.07) is 9.33. The van der Waals surface area contributed by atoms with Gasteiger partial charge in [0.05, 0.1) is 22.9 Å².